The summed E-state index contributed by atoms with van der Waals surface area (Å²) >= 11 is 0. The first-order valence-electron chi connectivity index (χ1n) is 8.15. The summed E-state index contributed by atoms with van der Waals surface area (Å²) in [7, 11) is -4.39. The van der Waals surface area contributed by atoms with E-state index in [4.69, 9.17) is 4.74 Å². The van der Waals surface area contributed by atoms with Crippen LogP contribution in [-0.4, -0.2) is 14.4 Å². The molecule has 3 rings (SSSR count). The van der Waals surface area contributed by atoms with Gasteiger partial charge in [0, 0.05) is 0 Å². The van der Waals surface area contributed by atoms with E-state index in [1.165, 1.54) is 20.2 Å². The average molecular weight is 394 g/mol. The van der Waals surface area contributed by atoms with Crippen molar-refractivity contribution < 1.29 is 22.0 Å². The minimum Gasteiger partial charge on any atom is -0.497 e. The summed E-state index contributed by atoms with van der Waals surface area (Å²) in [4.78, 5) is 3.97. The number of rotatable bonds is 4. The molecular weight excluding hydrogens is 375 g/mol. The van der Waals surface area contributed by atoms with Crippen molar-refractivity contribution in [1.29, 1.82) is 0 Å². The fourth-order valence-electron chi connectivity index (χ4n) is 2.35. The van der Waals surface area contributed by atoms with Crippen LogP contribution in [0.15, 0.2) is 93.5 Å². The lowest BCUT2D eigenvalue weighted by atomic mass is 10.2. The number of ether oxygens (including phenoxy) is 1. The normalized spacial score (nSPS) is 11.9. The number of methoxy groups -OCH3 is 1. The van der Waals surface area contributed by atoms with Crippen molar-refractivity contribution in [2.75, 3.05) is 7.11 Å². The van der Waals surface area contributed by atoms with E-state index in [0.717, 1.165) is 5.75 Å². The summed E-state index contributed by atoms with van der Waals surface area (Å²) in [5.74, 6) is 0.893. The van der Waals surface area contributed by atoms with Crippen LogP contribution in [0.5, 0.6) is 5.75 Å². The van der Waals surface area contributed by atoms with E-state index >= 15 is 0 Å². The summed E-state index contributed by atoms with van der Waals surface area (Å²) in [5, 5.41) is 0. The van der Waals surface area contributed by atoms with E-state index in [1.807, 2.05) is 12.1 Å². The van der Waals surface area contributed by atoms with Gasteiger partial charge in [-0.15, -0.1) is 0 Å². The molecule has 3 aromatic carbocycles. The Balaban J connectivity index is 0.000000465. The van der Waals surface area contributed by atoms with Crippen LogP contribution < -0.4 is 4.74 Å². The van der Waals surface area contributed by atoms with Gasteiger partial charge in [-0.25, -0.2) is 0 Å². The van der Waals surface area contributed by atoms with E-state index in [2.05, 4.69) is 73.7 Å². The third kappa shape index (κ3) is 7.02. The van der Waals surface area contributed by atoms with Gasteiger partial charge in [0.05, 0.1) is 18.0 Å². The van der Waals surface area contributed by atoms with Crippen LogP contribution in [0.1, 0.15) is 5.56 Å². The SMILES string of the molecule is COc1ccc([S+](c2ccccc2)c2ccc(C)cc2)cc1.F[B-](F)(F)F. The van der Waals surface area contributed by atoms with Crippen molar-refractivity contribution in [2.24, 2.45) is 0 Å². The van der Waals surface area contributed by atoms with E-state index in [-0.39, 0.29) is 10.9 Å². The molecule has 0 radical (unpaired) electrons. The maximum Gasteiger partial charge on any atom is 0.673 e. The van der Waals surface area contributed by atoms with Crippen molar-refractivity contribution in [3.63, 3.8) is 0 Å². The number of halogens is 4. The lowest BCUT2D eigenvalue weighted by Crippen LogP contribution is -2.04. The highest BCUT2D eigenvalue weighted by Crippen LogP contribution is 2.32. The topological polar surface area (TPSA) is 9.23 Å². The quantitative estimate of drug-likeness (QED) is 0.283. The molecule has 7 heteroatoms. The first-order chi connectivity index (χ1) is 12.8. The minimum absolute atomic E-state index is 0.0887. The average Bonchev–Trinajstić information content (AvgIpc) is 2.64. The third-order valence-electron chi connectivity index (χ3n) is 3.53. The van der Waals surface area contributed by atoms with Gasteiger partial charge in [0.15, 0.2) is 14.7 Å². The molecule has 1 unspecified atom stereocenters. The molecule has 0 bridgehead atoms. The van der Waals surface area contributed by atoms with E-state index in [9.17, 15) is 17.3 Å². The molecule has 0 aliphatic carbocycles. The van der Waals surface area contributed by atoms with Gasteiger partial charge in [0.25, 0.3) is 0 Å². The molecule has 0 saturated heterocycles. The van der Waals surface area contributed by atoms with Gasteiger partial charge in [-0.3, -0.25) is 0 Å². The maximum absolute atomic E-state index is 9.75. The van der Waals surface area contributed by atoms with Crippen molar-refractivity contribution in [3.8, 4) is 5.75 Å². The van der Waals surface area contributed by atoms with Crippen LogP contribution in [0.25, 0.3) is 0 Å². The minimum atomic E-state index is -6.00. The second-order valence-corrected chi connectivity index (χ2v) is 7.63. The highest BCUT2D eigenvalue weighted by molar-refractivity contribution is 7.97. The molecule has 0 aliphatic rings. The van der Waals surface area contributed by atoms with Gasteiger partial charge in [0.1, 0.15) is 5.75 Å². The molecule has 0 N–H and O–H groups in total. The molecule has 142 valence electrons. The molecule has 0 fully saturated rings. The van der Waals surface area contributed by atoms with Crippen molar-refractivity contribution in [3.05, 3.63) is 84.4 Å². The summed E-state index contributed by atoms with van der Waals surface area (Å²) < 4.78 is 44.3. The van der Waals surface area contributed by atoms with Gasteiger partial charge in [-0.05, 0) is 55.5 Å². The molecular formula is C20H19BF4OS. The molecule has 0 aromatic heterocycles. The molecule has 1 atom stereocenters. The first kappa shape index (κ1) is 20.9. The smallest absolute Gasteiger partial charge is 0.497 e. The molecule has 0 amide bonds. The van der Waals surface area contributed by atoms with Crippen molar-refractivity contribution in [1.82, 2.24) is 0 Å². The largest absolute Gasteiger partial charge is 0.673 e. The van der Waals surface area contributed by atoms with Gasteiger partial charge < -0.3 is 22.0 Å². The number of benzene rings is 3. The lowest BCUT2D eigenvalue weighted by Gasteiger charge is -2.08. The highest BCUT2D eigenvalue weighted by Gasteiger charge is 2.28. The molecule has 0 aliphatic heterocycles. The number of hydrogen-bond donors (Lipinski definition) is 0. The Morgan fingerprint density at radius 3 is 1.52 bits per heavy atom. The molecule has 0 heterocycles. The standard InChI is InChI=1S/C20H19OS.BF4/c1-16-8-12-19(13-9-16)22(18-6-4-3-5-7-18)20-14-10-17(21-2)11-15-20;2-1(3,4)5/h3-15H,1-2H3;/q+1;-1. The van der Waals surface area contributed by atoms with Crippen LogP contribution in [0.3, 0.4) is 0 Å². The molecule has 3 aromatic rings. The summed E-state index contributed by atoms with van der Waals surface area (Å²) in [5.41, 5.74) is 1.29. The Hall–Kier alpha value is -2.41. The van der Waals surface area contributed by atoms with Crippen LogP contribution in [0.2, 0.25) is 0 Å². The second kappa shape index (κ2) is 9.51. The summed E-state index contributed by atoms with van der Waals surface area (Å²) in [6.07, 6.45) is 0. The van der Waals surface area contributed by atoms with Crippen LogP contribution in [0, 0.1) is 6.92 Å². The predicted molar refractivity (Wildman–Crippen MR) is 103 cm³/mol. The summed E-state index contributed by atoms with van der Waals surface area (Å²) in [6.45, 7) is 2.12. The molecule has 1 nitrogen and oxygen atoms in total. The van der Waals surface area contributed by atoms with Gasteiger partial charge in [0.2, 0.25) is 0 Å². The monoisotopic (exact) mass is 394 g/mol. The van der Waals surface area contributed by atoms with Crippen molar-refractivity contribution >= 4 is 18.1 Å². The maximum atomic E-state index is 9.75. The van der Waals surface area contributed by atoms with Gasteiger partial charge >= 0.3 is 7.25 Å². The Kier molecular flexibility index (Phi) is 7.36. The van der Waals surface area contributed by atoms with Crippen LogP contribution in [0.4, 0.5) is 17.3 Å². The van der Waals surface area contributed by atoms with Crippen molar-refractivity contribution in [2.45, 2.75) is 21.6 Å². The highest BCUT2D eigenvalue weighted by atomic mass is 32.2. The molecule has 27 heavy (non-hydrogen) atoms. The zero-order valence-corrected chi connectivity index (χ0v) is 15.7. The van der Waals surface area contributed by atoms with E-state index < -0.39 is 7.25 Å². The lowest BCUT2D eigenvalue weighted by molar-refractivity contribution is 0.368. The molecule has 0 spiro atoms. The molecule has 0 saturated carbocycles. The number of hydrogen-bond acceptors (Lipinski definition) is 1. The predicted octanol–water partition coefficient (Wildman–Crippen LogP) is 6.40. The van der Waals surface area contributed by atoms with E-state index in [0.29, 0.717) is 0 Å². The zero-order chi connectivity index (χ0) is 19.9. The van der Waals surface area contributed by atoms with E-state index in [1.54, 1.807) is 7.11 Å². The zero-order valence-electron chi connectivity index (χ0n) is 14.9. The van der Waals surface area contributed by atoms with Gasteiger partial charge in [-0.2, -0.15) is 0 Å². The summed E-state index contributed by atoms with van der Waals surface area (Å²) in [6, 6.07) is 27.9. The Morgan fingerprint density at radius 1 is 0.667 bits per heavy atom. The third-order valence-corrected chi connectivity index (χ3v) is 5.76. The fourth-order valence-corrected chi connectivity index (χ4v) is 4.41. The van der Waals surface area contributed by atoms with Crippen LogP contribution in [-0.2, 0) is 10.9 Å². The second-order valence-electron chi connectivity index (χ2n) is 5.60. The van der Waals surface area contributed by atoms with Crippen LogP contribution >= 0.6 is 0 Å². The Labute approximate surface area is 159 Å². The fraction of sp³-hybridized carbons (Fsp3) is 0.100. The Morgan fingerprint density at radius 2 is 1.07 bits per heavy atom. The Bertz CT molecular complexity index is 815. The van der Waals surface area contributed by atoms with Gasteiger partial charge in [-0.1, -0.05) is 35.9 Å². The first-order valence-corrected chi connectivity index (χ1v) is 9.38. The number of aryl methyl sites for hydroxylation is 1.